The smallest absolute Gasteiger partial charge is 0.163 e. The van der Waals surface area contributed by atoms with E-state index in [-0.39, 0.29) is 0 Å². The van der Waals surface area contributed by atoms with Gasteiger partial charge in [0.2, 0.25) is 0 Å². The summed E-state index contributed by atoms with van der Waals surface area (Å²) in [5, 5.41) is 3.45. The molecule has 1 saturated carbocycles. The normalized spacial score (nSPS) is 30.9. The molecule has 6 rings (SSSR count). The largest absolute Gasteiger partial charge is 0.297 e. The van der Waals surface area contributed by atoms with Crippen molar-refractivity contribution < 1.29 is 4.79 Å². The highest BCUT2D eigenvalue weighted by atomic mass is 32.1. The highest BCUT2D eigenvalue weighted by Gasteiger charge is 2.60. The van der Waals surface area contributed by atoms with Crippen molar-refractivity contribution in [3.8, 4) is 0 Å². The Balaban J connectivity index is 1.43. The molecule has 0 amide bonds. The molecule has 1 aromatic carbocycles. The first-order valence-corrected chi connectivity index (χ1v) is 9.81. The predicted molar refractivity (Wildman–Crippen MR) is 95.3 cm³/mol. The summed E-state index contributed by atoms with van der Waals surface area (Å²) in [6, 6.07) is 6.30. The summed E-state index contributed by atoms with van der Waals surface area (Å²) in [7, 11) is 0. The Morgan fingerprint density at radius 3 is 2.83 bits per heavy atom. The van der Waals surface area contributed by atoms with Gasteiger partial charge in [-0.25, -0.2) is 0 Å². The lowest BCUT2D eigenvalue weighted by molar-refractivity contribution is -0.0274. The topological polar surface area (TPSA) is 20.3 Å². The number of thiophene rings is 1. The number of hydrogen-bond acceptors (Lipinski definition) is 3. The van der Waals surface area contributed by atoms with Gasteiger partial charge < -0.3 is 0 Å². The molecule has 4 aliphatic rings. The third-order valence-corrected chi connectivity index (χ3v) is 7.77. The summed E-state index contributed by atoms with van der Waals surface area (Å²) in [5.74, 6) is 1.76. The van der Waals surface area contributed by atoms with Gasteiger partial charge in [-0.3, -0.25) is 9.69 Å². The van der Waals surface area contributed by atoms with Gasteiger partial charge >= 0.3 is 0 Å². The number of hydrogen-bond donors (Lipinski definition) is 0. The lowest BCUT2D eigenvalue weighted by Gasteiger charge is -2.52. The van der Waals surface area contributed by atoms with Gasteiger partial charge in [0.15, 0.2) is 5.78 Å². The standard InChI is InChI=1S/C20H23NOS/c1-13-12-23-19-3-2-15(10-16(13)19)18(22)11-17-14-4-8-21(9-5-14)20(17)6-7-20/h2-3,10,12,14,17H,4-9,11H2,1H3/t17-/m1/s1. The molecule has 2 aromatic rings. The van der Waals surface area contributed by atoms with Crippen LogP contribution < -0.4 is 0 Å². The summed E-state index contributed by atoms with van der Waals surface area (Å²) in [6.07, 6.45) is 6.02. The van der Waals surface area contributed by atoms with Gasteiger partial charge in [-0.2, -0.15) is 0 Å². The van der Waals surface area contributed by atoms with Crippen LogP contribution in [0.5, 0.6) is 0 Å². The maximum atomic E-state index is 13.0. The highest BCUT2D eigenvalue weighted by molar-refractivity contribution is 7.17. The molecule has 4 fully saturated rings. The molecule has 2 nitrogen and oxygen atoms in total. The van der Waals surface area contributed by atoms with Gasteiger partial charge in [-0.15, -0.1) is 11.3 Å². The predicted octanol–water partition coefficient (Wildman–Crippen LogP) is 4.66. The molecule has 120 valence electrons. The highest BCUT2D eigenvalue weighted by Crippen LogP contribution is 2.58. The molecular weight excluding hydrogens is 302 g/mol. The van der Waals surface area contributed by atoms with E-state index in [1.807, 2.05) is 6.07 Å². The van der Waals surface area contributed by atoms with Gasteiger partial charge in [0.25, 0.3) is 0 Å². The molecule has 1 aromatic heterocycles. The van der Waals surface area contributed by atoms with E-state index in [9.17, 15) is 4.79 Å². The Morgan fingerprint density at radius 2 is 2.09 bits per heavy atom. The van der Waals surface area contributed by atoms with Crippen molar-refractivity contribution in [2.45, 2.75) is 44.6 Å². The van der Waals surface area contributed by atoms with Gasteiger partial charge in [-0.05, 0) is 92.1 Å². The number of piperidine rings is 3. The summed E-state index contributed by atoms with van der Waals surface area (Å²) < 4.78 is 1.29. The third-order valence-electron chi connectivity index (χ3n) is 6.69. The lowest BCUT2D eigenvalue weighted by Crippen LogP contribution is -2.57. The Kier molecular flexibility index (Phi) is 3.02. The fourth-order valence-electron chi connectivity index (χ4n) is 5.24. The Hall–Kier alpha value is -1.19. The van der Waals surface area contributed by atoms with E-state index in [2.05, 4.69) is 29.3 Å². The van der Waals surface area contributed by atoms with Crippen molar-refractivity contribution in [2.75, 3.05) is 13.1 Å². The number of ketones is 1. The molecule has 0 N–H and O–H groups in total. The first-order valence-electron chi connectivity index (χ1n) is 8.93. The first-order chi connectivity index (χ1) is 11.2. The Labute approximate surface area is 141 Å². The van der Waals surface area contributed by atoms with Crippen LogP contribution in [-0.4, -0.2) is 29.3 Å². The maximum absolute atomic E-state index is 13.0. The molecule has 1 atom stereocenters. The SMILES string of the molecule is Cc1csc2ccc(C(=O)C[C@@H]3C4CCN(CC4)C34CC4)cc12. The summed E-state index contributed by atoms with van der Waals surface area (Å²) in [4.78, 5) is 15.7. The van der Waals surface area contributed by atoms with E-state index in [4.69, 9.17) is 0 Å². The lowest BCUT2D eigenvalue weighted by atomic mass is 9.69. The minimum absolute atomic E-state index is 0.363. The molecule has 0 unspecified atom stereocenters. The van der Waals surface area contributed by atoms with Gasteiger partial charge in [0.1, 0.15) is 0 Å². The van der Waals surface area contributed by atoms with E-state index < -0.39 is 0 Å². The third kappa shape index (κ3) is 2.06. The second-order valence-corrected chi connectivity index (χ2v) is 8.70. The van der Waals surface area contributed by atoms with E-state index in [1.165, 1.54) is 54.4 Å². The van der Waals surface area contributed by atoms with Gasteiger partial charge in [0, 0.05) is 22.2 Å². The zero-order valence-corrected chi connectivity index (χ0v) is 14.5. The van der Waals surface area contributed by atoms with Crippen molar-refractivity contribution in [3.05, 3.63) is 34.7 Å². The molecule has 0 radical (unpaired) electrons. The van der Waals surface area contributed by atoms with Crippen LogP contribution in [0, 0.1) is 18.8 Å². The second kappa shape index (κ2) is 4.90. The van der Waals surface area contributed by atoms with Crippen molar-refractivity contribution in [2.24, 2.45) is 11.8 Å². The Bertz CT molecular complexity index is 780. The zero-order valence-electron chi connectivity index (χ0n) is 13.7. The van der Waals surface area contributed by atoms with Crippen LogP contribution in [0.1, 0.15) is 48.0 Å². The monoisotopic (exact) mass is 325 g/mol. The minimum Gasteiger partial charge on any atom is -0.297 e. The number of fused-ring (bicyclic) bond motifs is 3. The molecular formula is C20H23NOS. The van der Waals surface area contributed by atoms with Gasteiger partial charge in [0.05, 0.1) is 0 Å². The fourth-order valence-corrected chi connectivity index (χ4v) is 6.16. The molecule has 1 aliphatic carbocycles. The summed E-state index contributed by atoms with van der Waals surface area (Å²) in [6.45, 7) is 4.69. The summed E-state index contributed by atoms with van der Waals surface area (Å²) >= 11 is 1.77. The molecule has 4 heterocycles. The second-order valence-electron chi connectivity index (χ2n) is 7.79. The van der Waals surface area contributed by atoms with Crippen LogP contribution in [0.25, 0.3) is 10.1 Å². The maximum Gasteiger partial charge on any atom is 0.163 e. The summed E-state index contributed by atoms with van der Waals surface area (Å²) in [5.41, 5.74) is 2.63. The Morgan fingerprint density at radius 1 is 1.30 bits per heavy atom. The van der Waals surface area contributed by atoms with E-state index >= 15 is 0 Å². The van der Waals surface area contributed by atoms with Crippen molar-refractivity contribution in [1.29, 1.82) is 0 Å². The molecule has 2 bridgehead atoms. The van der Waals surface area contributed by atoms with Crippen LogP contribution in [0.4, 0.5) is 0 Å². The minimum atomic E-state index is 0.363. The molecule has 3 saturated heterocycles. The number of aryl methyl sites for hydroxylation is 1. The molecule has 3 aliphatic heterocycles. The van der Waals surface area contributed by atoms with E-state index in [0.717, 1.165) is 17.9 Å². The zero-order chi connectivity index (χ0) is 15.6. The van der Waals surface area contributed by atoms with Crippen LogP contribution in [0.15, 0.2) is 23.6 Å². The number of rotatable bonds is 3. The number of carbonyl (C=O) groups is 1. The van der Waals surface area contributed by atoms with Crippen molar-refractivity contribution in [3.63, 3.8) is 0 Å². The van der Waals surface area contributed by atoms with Crippen molar-refractivity contribution in [1.82, 2.24) is 4.90 Å². The number of carbonyl (C=O) groups excluding carboxylic acids is 1. The molecule has 1 spiro atoms. The average molecular weight is 325 g/mol. The number of nitrogens with zero attached hydrogens (tertiary/aromatic N) is 1. The first kappa shape index (κ1) is 14.2. The van der Waals surface area contributed by atoms with E-state index in [1.54, 1.807) is 11.3 Å². The van der Waals surface area contributed by atoms with Crippen LogP contribution in [0.2, 0.25) is 0 Å². The van der Waals surface area contributed by atoms with Crippen molar-refractivity contribution >= 4 is 27.2 Å². The number of benzene rings is 1. The van der Waals surface area contributed by atoms with Gasteiger partial charge in [-0.1, -0.05) is 0 Å². The van der Waals surface area contributed by atoms with Crippen LogP contribution in [0.3, 0.4) is 0 Å². The molecule has 23 heavy (non-hydrogen) atoms. The van der Waals surface area contributed by atoms with Crippen LogP contribution in [-0.2, 0) is 0 Å². The number of Topliss-reactive ketones (excluding diaryl/α,β-unsaturated/α-hetero) is 1. The van der Waals surface area contributed by atoms with Crippen LogP contribution >= 0.6 is 11.3 Å². The average Bonchev–Trinajstić information content (AvgIpc) is 3.28. The molecule has 3 heteroatoms. The quantitative estimate of drug-likeness (QED) is 0.765. The van der Waals surface area contributed by atoms with E-state index in [0.29, 0.717) is 17.2 Å². The fraction of sp³-hybridized carbons (Fsp3) is 0.550.